The Morgan fingerprint density at radius 3 is 2.50 bits per heavy atom. The van der Waals surface area contributed by atoms with Crippen molar-refractivity contribution in [2.24, 2.45) is 0 Å². The standard InChI is InChI=1S/C38H40N6/c1-27-22-32(28(2)44(27)33-12-4-3-5-13-33)24-39-23-29-17-19-30(20-18-29)25-43(26-37-41-34-14-6-7-15-35(34)42-37)36-16-8-10-31-11-9-21-40-38(31)36/h3-7,9,11-15,17-22,36,39H,8,10,16,23-26H2,1-2H3,(H,41,42). The van der Waals surface area contributed by atoms with Crippen molar-refractivity contribution in [3.05, 3.63) is 148 Å². The van der Waals surface area contributed by atoms with Crippen LogP contribution < -0.4 is 5.32 Å². The van der Waals surface area contributed by atoms with E-state index in [1.54, 1.807) is 0 Å². The number of hydrogen-bond acceptors (Lipinski definition) is 4. The van der Waals surface area contributed by atoms with Crippen molar-refractivity contribution in [2.45, 2.75) is 65.3 Å². The number of nitrogens with one attached hydrogen (secondary N) is 2. The van der Waals surface area contributed by atoms with Gasteiger partial charge in [-0.15, -0.1) is 0 Å². The van der Waals surface area contributed by atoms with Gasteiger partial charge in [-0.1, -0.05) is 60.7 Å². The van der Waals surface area contributed by atoms with Crippen LogP contribution in [0.5, 0.6) is 0 Å². The normalized spacial score (nSPS) is 14.8. The zero-order valence-corrected chi connectivity index (χ0v) is 25.6. The van der Waals surface area contributed by atoms with Crippen molar-refractivity contribution in [1.82, 2.24) is 29.7 Å². The maximum atomic E-state index is 4.92. The third kappa shape index (κ3) is 5.96. The number of aryl methyl sites for hydroxylation is 2. The summed E-state index contributed by atoms with van der Waals surface area (Å²) >= 11 is 0. The third-order valence-corrected chi connectivity index (χ3v) is 9.00. The predicted octanol–water partition coefficient (Wildman–Crippen LogP) is 7.74. The van der Waals surface area contributed by atoms with Gasteiger partial charge in [-0.25, -0.2) is 4.98 Å². The number of imidazole rings is 1. The van der Waals surface area contributed by atoms with Gasteiger partial charge < -0.3 is 14.9 Å². The van der Waals surface area contributed by atoms with Crippen LogP contribution in [0.2, 0.25) is 0 Å². The van der Waals surface area contributed by atoms with Crippen LogP contribution in [-0.4, -0.2) is 24.4 Å². The van der Waals surface area contributed by atoms with E-state index in [0.717, 1.165) is 55.9 Å². The average molecular weight is 581 g/mol. The van der Waals surface area contributed by atoms with Gasteiger partial charge in [0.1, 0.15) is 5.82 Å². The van der Waals surface area contributed by atoms with Crippen LogP contribution in [0.4, 0.5) is 0 Å². The number of hydrogen-bond donors (Lipinski definition) is 2. The van der Waals surface area contributed by atoms with Gasteiger partial charge in [0.25, 0.3) is 0 Å². The summed E-state index contributed by atoms with van der Waals surface area (Å²) < 4.78 is 2.34. The molecular formula is C38H40N6. The highest BCUT2D eigenvalue weighted by molar-refractivity contribution is 5.74. The summed E-state index contributed by atoms with van der Waals surface area (Å²) in [6, 6.07) is 34.8. The molecule has 2 N–H and O–H groups in total. The largest absolute Gasteiger partial charge is 0.341 e. The SMILES string of the molecule is Cc1cc(CNCc2ccc(CN(Cc3nc4ccccc4[nH]3)C3CCCc4cccnc43)cc2)c(C)n1-c1ccccc1. The molecule has 44 heavy (non-hydrogen) atoms. The van der Waals surface area contributed by atoms with E-state index in [1.807, 2.05) is 12.3 Å². The van der Waals surface area contributed by atoms with Crippen LogP contribution in [0.1, 0.15) is 64.0 Å². The quantitative estimate of drug-likeness (QED) is 0.174. The van der Waals surface area contributed by atoms with Crippen LogP contribution >= 0.6 is 0 Å². The van der Waals surface area contributed by atoms with Crippen molar-refractivity contribution < 1.29 is 0 Å². The molecule has 6 nitrogen and oxygen atoms in total. The Hall–Kier alpha value is -4.52. The van der Waals surface area contributed by atoms with E-state index in [0.29, 0.717) is 0 Å². The van der Waals surface area contributed by atoms with E-state index >= 15 is 0 Å². The summed E-state index contributed by atoms with van der Waals surface area (Å²) in [6.07, 6.45) is 5.34. The summed E-state index contributed by atoms with van der Waals surface area (Å²) in [5.74, 6) is 1.00. The Bertz CT molecular complexity index is 1820. The molecule has 3 heterocycles. The molecule has 0 fully saturated rings. The first-order valence-electron chi connectivity index (χ1n) is 15.8. The van der Waals surface area contributed by atoms with Gasteiger partial charge in [-0.3, -0.25) is 9.88 Å². The number of benzene rings is 3. The molecule has 1 aliphatic carbocycles. The maximum absolute atomic E-state index is 4.92. The second-order valence-corrected chi connectivity index (χ2v) is 12.0. The number of aromatic nitrogens is 4. The van der Waals surface area contributed by atoms with Crippen LogP contribution in [0.15, 0.2) is 103 Å². The minimum Gasteiger partial charge on any atom is -0.341 e. The van der Waals surface area contributed by atoms with Gasteiger partial charge in [-0.2, -0.15) is 0 Å². The number of aromatic amines is 1. The fourth-order valence-corrected chi connectivity index (χ4v) is 6.81. The van der Waals surface area contributed by atoms with Gasteiger partial charge in [0.05, 0.1) is 29.3 Å². The number of pyridine rings is 1. The fourth-order valence-electron chi connectivity index (χ4n) is 6.81. The van der Waals surface area contributed by atoms with E-state index in [2.05, 4.69) is 125 Å². The molecule has 7 rings (SSSR count). The number of rotatable bonds is 10. The predicted molar refractivity (Wildman–Crippen MR) is 177 cm³/mol. The molecule has 0 spiro atoms. The molecule has 6 heteroatoms. The molecule has 0 saturated heterocycles. The third-order valence-electron chi connectivity index (χ3n) is 9.00. The minimum absolute atomic E-state index is 0.268. The first-order chi connectivity index (χ1) is 21.6. The first kappa shape index (κ1) is 28.3. The molecule has 6 aromatic rings. The van der Waals surface area contributed by atoms with Crippen molar-refractivity contribution in [1.29, 1.82) is 0 Å². The highest BCUT2D eigenvalue weighted by Gasteiger charge is 2.28. The molecule has 0 amide bonds. The zero-order valence-electron chi connectivity index (χ0n) is 25.6. The molecule has 0 bridgehead atoms. The lowest BCUT2D eigenvalue weighted by Gasteiger charge is -2.34. The van der Waals surface area contributed by atoms with Gasteiger partial charge in [0.15, 0.2) is 0 Å². The summed E-state index contributed by atoms with van der Waals surface area (Å²) in [4.78, 5) is 15.9. The van der Waals surface area contributed by atoms with E-state index in [9.17, 15) is 0 Å². The van der Waals surface area contributed by atoms with Crippen LogP contribution in [-0.2, 0) is 32.6 Å². The zero-order chi connectivity index (χ0) is 29.9. The lowest BCUT2D eigenvalue weighted by atomic mass is 9.90. The lowest BCUT2D eigenvalue weighted by Crippen LogP contribution is -2.31. The molecule has 3 aromatic heterocycles. The van der Waals surface area contributed by atoms with Crippen molar-refractivity contribution in [3.8, 4) is 5.69 Å². The summed E-state index contributed by atoms with van der Waals surface area (Å²) in [6.45, 7) is 7.66. The topological polar surface area (TPSA) is 61.8 Å². The Labute approximate surface area is 259 Å². The molecule has 1 unspecified atom stereocenters. The maximum Gasteiger partial charge on any atom is 0.121 e. The number of para-hydroxylation sites is 3. The number of nitrogens with zero attached hydrogens (tertiary/aromatic N) is 4. The van der Waals surface area contributed by atoms with E-state index < -0.39 is 0 Å². The molecule has 3 aromatic carbocycles. The molecule has 0 aliphatic heterocycles. The highest BCUT2D eigenvalue weighted by Crippen LogP contribution is 2.35. The number of fused-ring (bicyclic) bond motifs is 2. The van der Waals surface area contributed by atoms with E-state index in [-0.39, 0.29) is 6.04 Å². The van der Waals surface area contributed by atoms with Crippen molar-refractivity contribution in [3.63, 3.8) is 0 Å². The molecule has 0 radical (unpaired) electrons. The Kier molecular flexibility index (Phi) is 8.10. The summed E-state index contributed by atoms with van der Waals surface area (Å²) in [7, 11) is 0. The van der Waals surface area contributed by atoms with Crippen LogP contribution in [0, 0.1) is 13.8 Å². The Morgan fingerprint density at radius 2 is 1.66 bits per heavy atom. The second-order valence-electron chi connectivity index (χ2n) is 12.0. The lowest BCUT2D eigenvalue weighted by molar-refractivity contribution is 0.153. The first-order valence-corrected chi connectivity index (χ1v) is 15.8. The average Bonchev–Trinajstić information content (AvgIpc) is 3.60. The molecular weight excluding hydrogens is 540 g/mol. The Morgan fingerprint density at radius 1 is 0.864 bits per heavy atom. The Balaban J connectivity index is 1.05. The molecule has 1 aliphatic rings. The smallest absolute Gasteiger partial charge is 0.121 e. The number of H-pyrrole nitrogens is 1. The van der Waals surface area contributed by atoms with Gasteiger partial charge in [0, 0.05) is 42.9 Å². The van der Waals surface area contributed by atoms with Crippen LogP contribution in [0.25, 0.3) is 16.7 Å². The monoisotopic (exact) mass is 580 g/mol. The van der Waals surface area contributed by atoms with Crippen molar-refractivity contribution in [2.75, 3.05) is 0 Å². The summed E-state index contributed by atoms with van der Waals surface area (Å²) in [5.41, 5.74) is 12.4. The van der Waals surface area contributed by atoms with E-state index in [4.69, 9.17) is 9.97 Å². The van der Waals surface area contributed by atoms with Crippen LogP contribution in [0.3, 0.4) is 0 Å². The highest BCUT2D eigenvalue weighted by atomic mass is 15.2. The molecule has 1 atom stereocenters. The van der Waals surface area contributed by atoms with Gasteiger partial charge >= 0.3 is 0 Å². The van der Waals surface area contributed by atoms with E-state index in [1.165, 1.54) is 51.4 Å². The molecule has 0 saturated carbocycles. The second kappa shape index (κ2) is 12.6. The minimum atomic E-state index is 0.268. The van der Waals surface area contributed by atoms with Gasteiger partial charge in [-0.05, 0) is 91.8 Å². The molecule has 222 valence electrons. The summed E-state index contributed by atoms with van der Waals surface area (Å²) in [5, 5.41) is 3.67. The fraction of sp³-hybridized carbons (Fsp3) is 0.263. The van der Waals surface area contributed by atoms with Gasteiger partial charge in [0.2, 0.25) is 0 Å². The van der Waals surface area contributed by atoms with Crippen molar-refractivity contribution >= 4 is 11.0 Å².